The zero-order chi connectivity index (χ0) is 15.6. The molecule has 0 radical (unpaired) electrons. The van der Waals surface area contributed by atoms with E-state index in [9.17, 15) is 18.0 Å². The van der Waals surface area contributed by atoms with Crippen LogP contribution in [0.4, 0.5) is 24.5 Å². The van der Waals surface area contributed by atoms with Gasteiger partial charge >= 0.3 is 0 Å². The van der Waals surface area contributed by atoms with Gasteiger partial charge in [-0.25, -0.2) is 13.2 Å². The number of hydrogen-bond acceptors (Lipinski definition) is 3. The van der Waals surface area contributed by atoms with Crippen molar-refractivity contribution in [2.24, 2.45) is 0 Å². The molecule has 0 heterocycles. The van der Waals surface area contributed by atoms with Crippen LogP contribution in [-0.2, 0) is 0 Å². The summed E-state index contributed by atoms with van der Waals surface area (Å²) in [6.07, 6.45) is 0. The number of hydrogen-bond donors (Lipinski definition) is 2. The highest BCUT2D eigenvalue weighted by Crippen LogP contribution is 2.21. The lowest BCUT2D eigenvalue weighted by molar-refractivity contribution is 0.102. The average Bonchev–Trinajstić information content (AvgIpc) is 2.44. The number of anilines is 2. The number of benzene rings is 2. The fourth-order valence-corrected chi connectivity index (χ4v) is 1.65. The Balaban J connectivity index is 2.36. The second-order valence-corrected chi connectivity index (χ2v) is 4.08. The number of nitrogen functional groups attached to an aromatic ring is 1. The van der Waals surface area contributed by atoms with Crippen LogP contribution in [0, 0.1) is 28.8 Å². The van der Waals surface area contributed by atoms with Gasteiger partial charge in [0.2, 0.25) is 0 Å². The summed E-state index contributed by atoms with van der Waals surface area (Å²) in [5.41, 5.74) is 3.59. The fourth-order valence-electron chi connectivity index (χ4n) is 1.65. The molecule has 0 bridgehead atoms. The van der Waals surface area contributed by atoms with Gasteiger partial charge in [0.15, 0.2) is 0 Å². The van der Waals surface area contributed by atoms with Crippen molar-refractivity contribution in [1.82, 2.24) is 0 Å². The Morgan fingerprint density at radius 3 is 2.33 bits per heavy atom. The summed E-state index contributed by atoms with van der Waals surface area (Å²) in [5.74, 6) is -3.88. The first-order valence-corrected chi connectivity index (χ1v) is 5.68. The standard InChI is InChI=1S/C14H8F3N3O/c15-9-2-1-3-12(8(9)6-18)20-14(21)7-4-10(16)13(19)11(17)5-7/h1-5H,19H2,(H,20,21). The number of nitrogens with two attached hydrogens (primary N) is 1. The zero-order valence-electron chi connectivity index (χ0n) is 10.5. The molecule has 0 saturated heterocycles. The van der Waals surface area contributed by atoms with Crippen LogP contribution in [0.2, 0.25) is 0 Å². The van der Waals surface area contributed by atoms with Gasteiger partial charge in [-0.2, -0.15) is 5.26 Å². The molecule has 0 aliphatic carbocycles. The van der Waals surface area contributed by atoms with Crippen molar-refractivity contribution in [2.75, 3.05) is 11.1 Å². The van der Waals surface area contributed by atoms with Crippen LogP contribution in [0.25, 0.3) is 0 Å². The normalized spacial score (nSPS) is 10.0. The number of halogens is 3. The van der Waals surface area contributed by atoms with Crippen LogP contribution in [0.1, 0.15) is 15.9 Å². The number of carbonyl (C=O) groups excluding carboxylic acids is 1. The molecule has 0 atom stereocenters. The molecular formula is C14H8F3N3O. The second kappa shape index (κ2) is 5.54. The number of nitrogens with zero attached hydrogens (tertiary/aromatic N) is 1. The quantitative estimate of drug-likeness (QED) is 0.835. The van der Waals surface area contributed by atoms with Gasteiger partial charge in [-0.3, -0.25) is 4.79 Å². The molecule has 2 rings (SSSR count). The SMILES string of the molecule is N#Cc1c(F)cccc1NC(=O)c1cc(F)c(N)c(F)c1. The van der Waals surface area contributed by atoms with Gasteiger partial charge in [0.05, 0.1) is 5.69 Å². The van der Waals surface area contributed by atoms with Crippen molar-refractivity contribution in [3.63, 3.8) is 0 Å². The molecule has 106 valence electrons. The average molecular weight is 291 g/mol. The van der Waals surface area contributed by atoms with E-state index in [4.69, 9.17) is 11.0 Å². The molecule has 2 aromatic carbocycles. The maximum Gasteiger partial charge on any atom is 0.255 e. The summed E-state index contributed by atoms with van der Waals surface area (Å²) in [6.45, 7) is 0. The molecule has 0 fully saturated rings. The van der Waals surface area contributed by atoms with Crippen molar-refractivity contribution >= 4 is 17.3 Å². The molecular weight excluding hydrogens is 283 g/mol. The Hall–Kier alpha value is -3.01. The molecule has 3 N–H and O–H groups in total. The van der Waals surface area contributed by atoms with Crippen molar-refractivity contribution in [3.05, 3.63) is 58.9 Å². The van der Waals surface area contributed by atoms with E-state index in [1.54, 1.807) is 6.07 Å². The Morgan fingerprint density at radius 2 is 1.76 bits per heavy atom. The summed E-state index contributed by atoms with van der Waals surface area (Å²) in [7, 11) is 0. The minimum Gasteiger partial charge on any atom is -0.394 e. The van der Waals surface area contributed by atoms with Gasteiger partial charge in [-0.15, -0.1) is 0 Å². The van der Waals surface area contributed by atoms with Crippen LogP contribution in [-0.4, -0.2) is 5.91 Å². The van der Waals surface area contributed by atoms with E-state index in [0.717, 1.165) is 18.2 Å². The molecule has 21 heavy (non-hydrogen) atoms. The molecule has 0 aromatic heterocycles. The van der Waals surface area contributed by atoms with E-state index in [0.29, 0.717) is 0 Å². The number of rotatable bonds is 2. The van der Waals surface area contributed by atoms with Gasteiger partial charge in [0.25, 0.3) is 5.91 Å². The lowest BCUT2D eigenvalue weighted by Gasteiger charge is -2.08. The predicted octanol–water partition coefficient (Wildman–Crippen LogP) is 2.81. The topological polar surface area (TPSA) is 78.9 Å². The van der Waals surface area contributed by atoms with E-state index < -0.39 is 29.0 Å². The number of carbonyl (C=O) groups is 1. The van der Waals surface area contributed by atoms with Crippen molar-refractivity contribution in [2.45, 2.75) is 0 Å². The molecule has 7 heteroatoms. The van der Waals surface area contributed by atoms with E-state index >= 15 is 0 Å². The third-order valence-corrected chi connectivity index (χ3v) is 2.71. The molecule has 0 saturated carbocycles. The predicted molar refractivity (Wildman–Crippen MR) is 69.8 cm³/mol. The summed E-state index contributed by atoms with van der Waals surface area (Å²) < 4.78 is 40.0. The Labute approximate surface area is 117 Å². The minimum absolute atomic E-state index is 0.0971. The summed E-state index contributed by atoms with van der Waals surface area (Å²) in [4.78, 5) is 11.9. The van der Waals surface area contributed by atoms with Crippen molar-refractivity contribution in [3.8, 4) is 6.07 Å². The summed E-state index contributed by atoms with van der Waals surface area (Å²) >= 11 is 0. The second-order valence-electron chi connectivity index (χ2n) is 4.08. The monoisotopic (exact) mass is 291 g/mol. The van der Waals surface area contributed by atoms with Gasteiger partial charge in [-0.1, -0.05) is 6.07 Å². The lowest BCUT2D eigenvalue weighted by Crippen LogP contribution is -2.14. The third-order valence-electron chi connectivity index (χ3n) is 2.71. The van der Waals surface area contributed by atoms with E-state index in [-0.39, 0.29) is 16.8 Å². The molecule has 0 unspecified atom stereocenters. The fraction of sp³-hybridized carbons (Fsp3) is 0. The highest BCUT2D eigenvalue weighted by molar-refractivity contribution is 6.05. The Bertz CT molecular complexity index is 746. The maximum absolute atomic E-state index is 13.4. The first kappa shape index (κ1) is 14.4. The zero-order valence-corrected chi connectivity index (χ0v) is 10.5. The Kier molecular flexibility index (Phi) is 3.80. The molecule has 2 aromatic rings. The van der Waals surface area contributed by atoms with Crippen LogP contribution in [0.3, 0.4) is 0 Å². The number of nitriles is 1. The smallest absolute Gasteiger partial charge is 0.255 e. The molecule has 0 aliphatic rings. The van der Waals surface area contributed by atoms with Crippen molar-refractivity contribution < 1.29 is 18.0 Å². The maximum atomic E-state index is 13.4. The Morgan fingerprint density at radius 1 is 1.14 bits per heavy atom. The molecule has 4 nitrogen and oxygen atoms in total. The highest BCUT2D eigenvalue weighted by Gasteiger charge is 2.15. The van der Waals surface area contributed by atoms with E-state index in [1.165, 1.54) is 12.1 Å². The molecule has 1 amide bonds. The summed E-state index contributed by atoms with van der Waals surface area (Å²) in [6, 6.07) is 6.73. The molecule has 0 spiro atoms. The number of nitrogens with one attached hydrogen (secondary N) is 1. The van der Waals surface area contributed by atoms with Gasteiger partial charge in [0, 0.05) is 5.56 Å². The van der Waals surface area contributed by atoms with E-state index in [2.05, 4.69) is 5.32 Å². The largest absolute Gasteiger partial charge is 0.394 e. The number of amides is 1. The van der Waals surface area contributed by atoms with Crippen LogP contribution >= 0.6 is 0 Å². The van der Waals surface area contributed by atoms with Crippen LogP contribution < -0.4 is 11.1 Å². The van der Waals surface area contributed by atoms with Crippen LogP contribution in [0.5, 0.6) is 0 Å². The lowest BCUT2D eigenvalue weighted by atomic mass is 10.1. The third kappa shape index (κ3) is 2.79. The van der Waals surface area contributed by atoms with Gasteiger partial charge in [0.1, 0.15) is 34.8 Å². The van der Waals surface area contributed by atoms with Gasteiger partial charge < -0.3 is 11.1 Å². The summed E-state index contributed by atoms with van der Waals surface area (Å²) in [5, 5.41) is 11.0. The highest BCUT2D eigenvalue weighted by atomic mass is 19.1. The van der Waals surface area contributed by atoms with E-state index in [1.807, 2.05) is 0 Å². The van der Waals surface area contributed by atoms with Crippen LogP contribution in [0.15, 0.2) is 30.3 Å². The molecule has 0 aliphatic heterocycles. The van der Waals surface area contributed by atoms with Gasteiger partial charge in [-0.05, 0) is 24.3 Å². The first-order chi connectivity index (χ1) is 9.93. The minimum atomic E-state index is -1.08. The first-order valence-electron chi connectivity index (χ1n) is 5.68. The van der Waals surface area contributed by atoms with Crippen molar-refractivity contribution in [1.29, 1.82) is 5.26 Å².